The average Bonchev–Trinajstić information content (AvgIpc) is 2.54. The number of esters is 1. The van der Waals surface area contributed by atoms with E-state index in [0.717, 1.165) is 17.6 Å². The van der Waals surface area contributed by atoms with Crippen LogP contribution in [0.2, 0.25) is 0 Å². The van der Waals surface area contributed by atoms with Crippen LogP contribution in [0.25, 0.3) is 0 Å². The second kappa shape index (κ2) is 9.17. The molecule has 2 atom stereocenters. The number of carbonyl (C=O) groups excluding carboxylic acids is 2. The van der Waals surface area contributed by atoms with Gasteiger partial charge in [0.05, 0.1) is 12.3 Å². The molecule has 1 aliphatic rings. The summed E-state index contributed by atoms with van der Waals surface area (Å²) < 4.78 is 5.22. The second-order valence-corrected chi connectivity index (χ2v) is 8.02. The Labute approximate surface area is 157 Å². The largest absolute Gasteiger partial charge is 0.433 e. The van der Waals surface area contributed by atoms with Crippen molar-refractivity contribution in [3.8, 4) is 0 Å². The molecule has 0 aromatic carbocycles. The van der Waals surface area contributed by atoms with E-state index in [-0.39, 0.29) is 11.3 Å². The van der Waals surface area contributed by atoms with Crippen LogP contribution >= 0.6 is 0 Å². The maximum absolute atomic E-state index is 12.0. The lowest BCUT2D eigenvalue weighted by molar-refractivity contribution is -0.142. The van der Waals surface area contributed by atoms with Gasteiger partial charge in [-0.1, -0.05) is 25.5 Å². The van der Waals surface area contributed by atoms with Gasteiger partial charge in [-0.05, 0) is 76.0 Å². The van der Waals surface area contributed by atoms with Gasteiger partial charge in [-0.2, -0.15) is 0 Å². The summed E-state index contributed by atoms with van der Waals surface area (Å²) in [5.74, 6) is -0.896. The second-order valence-electron chi connectivity index (χ2n) is 8.02. The molecule has 0 heterocycles. The quantitative estimate of drug-likeness (QED) is 0.428. The Morgan fingerprint density at radius 1 is 1.23 bits per heavy atom. The minimum Gasteiger partial charge on any atom is -0.433 e. The number of hydrogen-bond donors (Lipinski definition) is 2. The molecule has 0 aliphatic heterocycles. The van der Waals surface area contributed by atoms with Crippen LogP contribution in [0.5, 0.6) is 0 Å². The van der Waals surface area contributed by atoms with E-state index in [1.54, 1.807) is 13.8 Å². The van der Waals surface area contributed by atoms with Crippen LogP contribution in [0.3, 0.4) is 0 Å². The number of carbonyl (C=O) groups is 2. The molecule has 146 valence electrons. The summed E-state index contributed by atoms with van der Waals surface area (Å²) in [5.41, 5.74) is 10.4. The van der Waals surface area contributed by atoms with E-state index >= 15 is 0 Å². The summed E-state index contributed by atoms with van der Waals surface area (Å²) in [7, 11) is 0. The van der Waals surface area contributed by atoms with Crippen molar-refractivity contribution in [1.29, 1.82) is 0 Å². The zero-order valence-corrected chi connectivity index (χ0v) is 17.2. The van der Waals surface area contributed by atoms with Crippen molar-refractivity contribution in [2.75, 3.05) is 0 Å². The highest BCUT2D eigenvalue weighted by Crippen LogP contribution is 2.41. The Balaban J connectivity index is 2.80. The molecule has 0 radical (unpaired) electrons. The minimum atomic E-state index is -0.746. The van der Waals surface area contributed by atoms with Crippen LogP contribution in [-0.4, -0.2) is 24.0 Å². The molecule has 3 N–H and O–H groups in total. The Hall–Kier alpha value is -1.88. The Bertz CT molecular complexity index is 640. The van der Waals surface area contributed by atoms with E-state index in [0.29, 0.717) is 0 Å². The fourth-order valence-corrected chi connectivity index (χ4v) is 3.04. The van der Waals surface area contributed by atoms with Gasteiger partial charge in [0.15, 0.2) is 0 Å². The molecule has 1 rings (SSSR count). The van der Waals surface area contributed by atoms with Crippen LogP contribution in [0.1, 0.15) is 67.7 Å². The highest BCUT2D eigenvalue weighted by Gasteiger charge is 2.27. The van der Waals surface area contributed by atoms with Gasteiger partial charge in [0, 0.05) is 0 Å². The van der Waals surface area contributed by atoms with Gasteiger partial charge in [-0.3, -0.25) is 4.79 Å². The SMILES string of the molecule is CC1=C(/C=C(C)/C(C)=C/OC(=O)[C@H](C)NC(=O)[C@H](C)N)C(C)(C)CCC1. The molecule has 0 aromatic rings. The Kier molecular flexibility index (Phi) is 7.82. The molecule has 0 spiro atoms. The summed E-state index contributed by atoms with van der Waals surface area (Å²) in [6.07, 6.45) is 7.20. The molecule has 0 aromatic heterocycles. The smallest absolute Gasteiger partial charge is 0.333 e. The number of amides is 1. The number of rotatable bonds is 6. The van der Waals surface area contributed by atoms with E-state index in [2.05, 4.69) is 32.2 Å². The van der Waals surface area contributed by atoms with E-state index in [9.17, 15) is 9.59 Å². The Morgan fingerprint density at radius 3 is 2.38 bits per heavy atom. The van der Waals surface area contributed by atoms with Gasteiger partial charge in [-0.15, -0.1) is 0 Å². The number of ether oxygens (including phenoxy) is 1. The van der Waals surface area contributed by atoms with Crippen molar-refractivity contribution in [2.45, 2.75) is 79.8 Å². The van der Waals surface area contributed by atoms with Crippen LogP contribution < -0.4 is 11.1 Å². The number of nitrogens with two attached hydrogens (primary N) is 1. The van der Waals surface area contributed by atoms with Crippen molar-refractivity contribution in [1.82, 2.24) is 5.32 Å². The zero-order chi connectivity index (χ0) is 20.1. The summed E-state index contributed by atoms with van der Waals surface area (Å²) in [4.78, 5) is 23.6. The Morgan fingerprint density at radius 2 is 1.85 bits per heavy atom. The first-order valence-electron chi connectivity index (χ1n) is 9.28. The van der Waals surface area contributed by atoms with Gasteiger partial charge in [0.25, 0.3) is 0 Å². The summed E-state index contributed by atoms with van der Waals surface area (Å²) in [6.45, 7) is 13.8. The standard InChI is InChI=1S/C21H34N2O3/c1-13-9-8-10-21(6,7)18(13)11-14(2)15(3)12-26-20(25)17(5)23-19(24)16(4)22/h11-12,16-17H,8-10,22H2,1-7H3,(H,23,24)/b14-11+,15-12+/t16-,17-/m0/s1. The van der Waals surface area contributed by atoms with Crippen molar-refractivity contribution >= 4 is 11.9 Å². The van der Waals surface area contributed by atoms with Crippen molar-refractivity contribution < 1.29 is 14.3 Å². The first kappa shape index (κ1) is 22.2. The fourth-order valence-electron chi connectivity index (χ4n) is 3.04. The predicted octanol–water partition coefficient (Wildman–Crippen LogP) is 3.76. The fraction of sp³-hybridized carbons (Fsp3) is 0.619. The summed E-state index contributed by atoms with van der Waals surface area (Å²) in [6, 6.07) is -1.41. The monoisotopic (exact) mass is 362 g/mol. The van der Waals surface area contributed by atoms with Crippen LogP contribution in [0, 0.1) is 5.41 Å². The molecule has 5 heteroatoms. The maximum atomic E-state index is 12.0. The molecule has 0 unspecified atom stereocenters. The number of nitrogens with one attached hydrogen (secondary N) is 1. The first-order chi connectivity index (χ1) is 12.0. The van der Waals surface area contributed by atoms with Crippen LogP contribution in [-0.2, 0) is 14.3 Å². The minimum absolute atomic E-state index is 0.165. The van der Waals surface area contributed by atoms with Crippen molar-refractivity contribution in [3.63, 3.8) is 0 Å². The third kappa shape index (κ3) is 6.13. The highest BCUT2D eigenvalue weighted by molar-refractivity contribution is 5.87. The molecular formula is C21H34N2O3. The van der Waals surface area contributed by atoms with E-state index < -0.39 is 18.1 Å². The van der Waals surface area contributed by atoms with Gasteiger partial charge < -0.3 is 15.8 Å². The average molecular weight is 363 g/mol. The number of allylic oxidation sites excluding steroid dienone is 5. The molecular weight excluding hydrogens is 328 g/mol. The third-order valence-electron chi connectivity index (χ3n) is 5.00. The molecule has 1 aliphatic carbocycles. The van der Waals surface area contributed by atoms with E-state index in [4.69, 9.17) is 10.5 Å². The topological polar surface area (TPSA) is 81.4 Å². The van der Waals surface area contributed by atoms with Crippen molar-refractivity contribution in [2.24, 2.45) is 11.1 Å². The lowest BCUT2D eigenvalue weighted by Crippen LogP contribution is -2.46. The normalized spacial score (nSPS) is 20.5. The van der Waals surface area contributed by atoms with Crippen LogP contribution in [0.4, 0.5) is 0 Å². The summed E-state index contributed by atoms with van der Waals surface area (Å²) >= 11 is 0. The molecule has 5 nitrogen and oxygen atoms in total. The zero-order valence-electron chi connectivity index (χ0n) is 17.2. The molecule has 0 saturated carbocycles. The van der Waals surface area contributed by atoms with Gasteiger partial charge >= 0.3 is 5.97 Å². The van der Waals surface area contributed by atoms with E-state index in [1.165, 1.54) is 30.2 Å². The third-order valence-corrected chi connectivity index (χ3v) is 5.00. The molecule has 0 saturated heterocycles. The van der Waals surface area contributed by atoms with E-state index in [1.807, 2.05) is 13.8 Å². The molecule has 0 bridgehead atoms. The van der Waals surface area contributed by atoms with Gasteiger partial charge in [0.2, 0.25) is 5.91 Å². The lowest BCUT2D eigenvalue weighted by atomic mass is 9.72. The van der Waals surface area contributed by atoms with Gasteiger partial charge in [-0.25, -0.2) is 4.79 Å². The molecule has 0 fully saturated rings. The van der Waals surface area contributed by atoms with Gasteiger partial charge in [0.1, 0.15) is 6.04 Å². The van der Waals surface area contributed by atoms with Crippen molar-refractivity contribution in [3.05, 3.63) is 34.6 Å². The predicted molar refractivity (Wildman–Crippen MR) is 105 cm³/mol. The number of hydrogen-bond acceptors (Lipinski definition) is 4. The highest BCUT2D eigenvalue weighted by atomic mass is 16.5. The van der Waals surface area contributed by atoms with Crippen LogP contribution in [0.15, 0.2) is 34.6 Å². The summed E-state index contributed by atoms with van der Waals surface area (Å²) in [5, 5.41) is 2.52. The molecule has 26 heavy (non-hydrogen) atoms. The lowest BCUT2D eigenvalue weighted by Gasteiger charge is -2.33. The first-order valence-corrected chi connectivity index (χ1v) is 9.28. The maximum Gasteiger partial charge on any atom is 0.333 e. The molecule has 1 amide bonds.